The molecule has 6 heteroatoms. The maximum absolute atomic E-state index is 11.8. The van der Waals surface area contributed by atoms with Crippen molar-refractivity contribution < 1.29 is 19.4 Å². The second-order valence-electron chi connectivity index (χ2n) is 5.55. The molecule has 2 aliphatic rings. The fourth-order valence-electron chi connectivity index (χ4n) is 2.90. The van der Waals surface area contributed by atoms with Gasteiger partial charge in [-0.2, -0.15) is 0 Å². The SMILES string of the molecule is CC1OCCC1CNC(=O)NC1(C(=O)O)CCCC1. The van der Waals surface area contributed by atoms with E-state index >= 15 is 0 Å². The van der Waals surface area contributed by atoms with Crippen LogP contribution < -0.4 is 10.6 Å². The van der Waals surface area contributed by atoms with Gasteiger partial charge in [-0.25, -0.2) is 9.59 Å². The minimum atomic E-state index is -1.07. The standard InChI is InChI=1S/C13H22N2O4/c1-9-10(4-7-19-9)8-14-12(18)15-13(11(16)17)5-2-3-6-13/h9-10H,2-8H2,1H3,(H,16,17)(H2,14,15,18). The van der Waals surface area contributed by atoms with E-state index in [1.165, 1.54) is 0 Å². The summed E-state index contributed by atoms with van der Waals surface area (Å²) in [7, 11) is 0. The maximum Gasteiger partial charge on any atom is 0.329 e. The van der Waals surface area contributed by atoms with E-state index < -0.39 is 11.5 Å². The van der Waals surface area contributed by atoms with Crippen molar-refractivity contribution in [3.63, 3.8) is 0 Å². The zero-order chi connectivity index (χ0) is 13.9. The Morgan fingerprint density at radius 3 is 2.58 bits per heavy atom. The van der Waals surface area contributed by atoms with Crippen LogP contribution in [0, 0.1) is 5.92 Å². The lowest BCUT2D eigenvalue weighted by Gasteiger charge is -2.26. The van der Waals surface area contributed by atoms with Crippen molar-refractivity contribution in [1.29, 1.82) is 0 Å². The monoisotopic (exact) mass is 270 g/mol. The Bertz CT molecular complexity index is 353. The zero-order valence-corrected chi connectivity index (χ0v) is 11.3. The molecule has 1 saturated heterocycles. The minimum absolute atomic E-state index is 0.153. The van der Waals surface area contributed by atoms with Crippen LogP contribution in [0.25, 0.3) is 0 Å². The van der Waals surface area contributed by atoms with Gasteiger partial charge in [0, 0.05) is 19.1 Å². The molecular weight excluding hydrogens is 248 g/mol. The van der Waals surface area contributed by atoms with Crippen molar-refractivity contribution in [3.8, 4) is 0 Å². The number of nitrogens with one attached hydrogen (secondary N) is 2. The van der Waals surface area contributed by atoms with Gasteiger partial charge in [-0.15, -0.1) is 0 Å². The van der Waals surface area contributed by atoms with Gasteiger partial charge < -0.3 is 20.5 Å². The van der Waals surface area contributed by atoms with Crippen molar-refractivity contribution in [1.82, 2.24) is 10.6 Å². The van der Waals surface area contributed by atoms with Gasteiger partial charge in [-0.05, 0) is 26.2 Å². The molecule has 2 fully saturated rings. The number of aliphatic carboxylic acids is 1. The Hall–Kier alpha value is -1.30. The number of carboxylic acids is 1. The van der Waals surface area contributed by atoms with E-state index in [1.54, 1.807) is 0 Å². The molecule has 1 aliphatic carbocycles. The topological polar surface area (TPSA) is 87.7 Å². The van der Waals surface area contributed by atoms with Crippen molar-refractivity contribution in [2.24, 2.45) is 5.92 Å². The molecule has 0 radical (unpaired) electrons. The molecule has 3 N–H and O–H groups in total. The molecule has 0 spiro atoms. The van der Waals surface area contributed by atoms with Gasteiger partial charge >= 0.3 is 12.0 Å². The summed E-state index contributed by atoms with van der Waals surface area (Å²) in [5, 5.41) is 14.7. The highest BCUT2D eigenvalue weighted by atomic mass is 16.5. The minimum Gasteiger partial charge on any atom is -0.480 e. The molecule has 1 heterocycles. The van der Waals surface area contributed by atoms with Crippen molar-refractivity contribution in [2.75, 3.05) is 13.2 Å². The van der Waals surface area contributed by atoms with Crippen molar-refractivity contribution >= 4 is 12.0 Å². The van der Waals surface area contributed by atoms with Gasteiger partial charge in [0.25, 0.3) is 0 Å². The molecular formula is C13H22N2O4. The third kappa shape index (κ3) is 3.18. The molecule has 2 amide bonds. The summed E-state index contributed by atoms with van der Waals surface area (Å²) >= 11 is 0. The highest BCUT2D eigenvalue weighted by Crippen LogP contribution is 2.29. The van der Waals surface area contributed by atoms with Gasteiger partial charge in [-0.3, -0.25) is 0 Å². The van der Waals surface area contributed by atoms with Crippen LogP contribution in [-0.2, 0) is 9.53 Å². The Kier molecular flexibility index (Phi) is 4.29. The highest BCUT2D eigenvalue weighted by Gasteiger charge is 2.42. The number of hydrogen-bond acceptors (Lipinski definition) is 3. The van der Waals surface area contributed by atoms with E-state index in [0.29, 0.717) is 25.3 Å². The van der Waals surface area contributed by atoms with Gasteiger partial charge in [0.15, 0.2) is 0 Å². The number of carbonyl (C=O) groups excluding carboxylic acids is 1. The summed E-state index contributed by atoms with van der Waals surface area (Å²) in [6, 6.07) is -0.386. The van der Waals surface area contributed by atoms with Crippen molar-refractivity contribution in [3.05, 3.63) is 0 Å². The predicted molar refractivity (Wildman–Crippen MR) is 68.9 cm³/mol. The first-order chi connectivity index (χ1) is 9.03. The number of ether oxygens (including phenoxy) is 1. The number of carbonyl (C=O) groups is 2. The summed E-state index contributed by atoms with van der Waals surface area (Å²) in [5.74, 6) is -0.618. The molecule has 0 bridgehead atoms. The second kappa shape index (κ2) is 5.77. The number of rotatable bonds is 4. The van der Waals surface area contributed by atoms with Crippen LogP contribution in [0.15, 0.2) is 0 Å². The van der Waals surface area contributed by atoms with E-state index in [-0.39, 0.29) is 12.1 Å². The molecule has 1 saturated carbocycles. The Morgan fingerprint density at radius 2 is 2.05 bits per heavy atom. The molecule has 0 aromatic rings. The van der Waals surface area contributed by atoms with Crippen LogP contribution in [0.3, 0.4) is 0 Å². The molecule has 2 atom stereocenters. The average molecular weight is 270 g/mol. The maximum atomic E-state index is 11.8. The quantitative estimate of drug-likeness (QED) is 0.714. The van der Waals surface area contributed by atoms with Gasteiger partial charge in [0.1, 0.15) is 5.54 Å². The number of urea groups is 1. The first kappa shape index (κ1) is 14.1. The molecule has 19 heavy (non-hydrogen) atoms. The van der Waals surface area contributed by atoms with Crippen LogP contribution >= 0.6 is 0 Å². The van der Waals surface area contributed by atoms with E-state index in [9.17, 15) is 14.7 Å². The lowest BCUT2D eigenvalue weighted by Crippen LogP contribution is -2.56. The van der Waals surface area contributed by atoms with Crippen LogP contribution in [0.1, 0.15) is 39.0 Å². The fraction of sp³-hybridized carbons (Fsp3) is 0.846. The molecule has 2 rings (SSSR count). The smallest absolute Gasteiger partial charge is 0.329 e. The first-order valence-electron chi connectivity index (χ1n) is 6.94. The van der Waals surface area contributed by atoms with E-state index in [4.69, 9.17) is 4.74 Å². The predicted octanol–water partition coefficient (Wildman–Crippen LogP) is 1.11. The summed E-state index contributed by atoms with van der Waals surface area (Å²) < 4.78 is 5.42. The van der Waals surface area contributed by atoms with Crippen LogP contribution in [0.4, 0.5) is 4.79 Å². The molecule has 108 valence electrons. The Morgan fingerprint density at radius 1 is 1.37 bits per heavy atom. The third-order valence-corrected chi connectivity index (χ3v) is 4.28. The molecule has 0 aromatic heterocycles. The largest absolute Gasteiger partial charge is 0.480 e. The van der Waals surface area contributed by atoms with Crippen LogP contribution in [-0.4, -0.2) is 41.9 Å². The van der Waals surface area contributed by atoms with Crippen molar-refractivity contribution in [2.45, 2.75) is 50.7 Å². The van der Waals surface area contributed by atoms with Crippen LogP contribution in [0.2, 0.25) is 0 Å². The molecule has 1 aliphatic heterocycles. The second-order valence-corrected chi connectivity index (χ2v) is 5.55. The van der Waals surface area contributed by atoms with Gasteiger partial charge in [-0.1, -0.05) is 12.8 Å². The third-order valence-electron chi connectivity index (χ3n) is 4.28. The zero-order valence-electron chi connectivity index (χ0n) is 11.3. The number of hydrogen-bond donors (Lipinski definition) is 3. The lowest BCUT2D eigenvalue weighted by atomic mass is 9.98. The molecule has 6 nitrogen and oxygen atoms in total. The Balaban J connectivity index is 1.81. The van der Waals surface area contributed by atoms with E-state index in [2.05, 4.69) is 10.6 Å². The summed E-state index contributed by atoms with van der Waals surface area (Å²) in [4.78, 5) is 23.2. The van der Waals surface area contributed by atoms with E-state index in [1.807, 2.05) is 6.92 Å². The molecule has 2 unspecified atom stereocenters. The highest BCUT2D eigenvalue weighted by molar-refractivity contribution is 5.86. The molecule has 0 aromatic carbocycles. The Labute approximate surface area is 112 Å². The normalized spacial score (nSPS) is 29.1. The van der Waals surface area contributed by atoms with E-state index in [0.717, 1.165) is 25.9 Å². The lowest BCUT2D eigenvalue weighted by molar-refractivity contribution is -0.144. The number of amides is 2. The number of carboxylic acid groups (broad SMARTS) is 1. The average Bonchev–Trinajstić information content (AvgIpc) is 2.97. The van der Waals surface area contributed by atoms with Gasteiger partial charge in [0.2, 0.25) is 0 Å². The summed E-state index contributed by atoms with van der Waals surface area (Å²) in [6.45, 7) is 3.25. The first-order valence-corrected chi connectivity index (χ1v) is 6.94. The van der Waals surface area contributed by atoms with Crippen LogP contribution in [0.5, 0.6) is 0 Å². The summed E-state index contributed by atoms with van der Waals surface area (Å²) in [5.41, 5.74) is -1.07. The fourth-order valence-corrected chi connectivity index (χ4v) is 2.90. The van der Waals surface area contributed by atoms with Gasteiger partial charge in [0.05, 0.1) is 6.10 Å². The summed E-state index contributed by atoms with van der Waals surface area (Å²) in [6.07, 6.45) is 3.81.